The Morgan fingerprint density at radius 3 is 2.21 bits per heavy atom. The van der Waals surface area contributed by atoms with Gasteiger partial charge in [0.25, 0.3) is 0 Å². The van der Waals surface area contributed by atoms with Gasteiger partial charge in [-0.25, -0.2) is 0 Å². The van der Waals surface area contributed by atoms with Gasteiger partial charge in [-0.05, 0) is 61.7 Å². The molecular weight excluding hydrogens is 354 g/mol. The summed E-state index contributed by atoms with van der Waals surface area (Å²) in [6.45, 7) is 7.55. The Morgan fingerprint density at radius 2 is 1.57 bits per heavy atom. The van der Waals surface area contributed by atoms with Crippen molar-refractivity contribution in [3.63, 3.8) is 0 Å². The largest absolute Gasteiger partial charge is 0.490 e. The molecule has 0 radical (unpaired) electrons. The van der Waals surface area contributed by atoms with E-state index in [-0.39, 0.29) is 0 Å². The van der Waals surface area contributed by atoms with Gasteiger partial charge in [0.05, 0.1) is 0 Å². The summed E-state index contributed by atoms with van der Waals surface area (Å²) in [5.74, 6) is 2.55. The van der Waals surface area contributed by atoms with Crippen LogP contribution in [0.4, 0.5) is 0 Å². The Hall–Kier alpha value is -2.95. The van der Waals surface area contributed by atoms with Crippen molar-refractivity contribution < 1.29 is 19.0 Å². The number of hydrogen-bond acceptors (Lipinski definition) is 5. The first-order chi connectivity index (χ1) is 13.6. The van der Waals surface area contributed by atoms with Crippen molar-refractivity contribution in [3.05, 3.63) is 65.2 Å². The molecule has 0 heterocycles. The predicted octanol–water partition coefficient (Wildman–Crippen LogP) is 4.89. The lowest BCUT2D eigenvalue weighted by atomic mass is 10.1. The standard InChI is InChI=1S/C23H29NO4/c1-5-6-13-26-22-16-18(2)23(19(3)17-22)28-15-14-27-21-9-7-20(8-10-21)11-12-24-25-4/h5-10,12,16-17H,11,13-15H2,1-4H3/b6-5+,24-12?. The summed E-state index contributed by atoms with van der Waals surface area (Å²) in [7, 11) is 1.53. The number of hydrogen-bond donors (Lipinski definition) is 0. The monoisotopic (exact) mass is 383 g/mol. The number of aryl methyl sites for hydroxylation is 2. The van der Waals surface area contributed by atoms with E-state index in [1.54, 1.807) is 6.21 Å². The Morgan fingerprint density at radius 1 is 0.893 bits per heavy atom. The molecule has 0 unspecified atom stereocenters. The van der Waals surface area contributed by atoms with Crippen LogP contribution in [0.1, 0.15) is 23.6 Å². The first-order valence-corrected chi connectivity index (χ1v) is 9.38. The lowest BCUT2D eigenvalue weighted by Crippen LogP contribution is -2.10. The van der Waals surface area contributed by atoms with E-state index in [0.29, 0.717) is 19.8 Å². The topological polar surface area (TPSA) is 49.3 Å². The van der Waals surface area contributed by atoms with Gasteiger partial charge >= 0.3 is 0 Å². The summed E-state index contributed by atoms with van der Waals surface area (Å²) >= 11 is 0. The Bertz CT molecular complexity index is 759. The van der Waals surface area contributed by atoms with E-state index in [1.807, 2.05) is 69.3 Å². The molecule has 0 amide bonds. The minimum Gasteiger partial charge on any atom is -0.490 e. The fraction of sp³-hybridized carbons (Fsp3) is 0.348. The van der Waals surface area contributed by atoms with Crippen LogP contribution in [-0.2, 0) is 11.3 Å². The SMILES string of the molecule is C/C=C/COc1cc(C)c(OCCOc2ccc(CC=NOC)cc2)c(C)c1. The number of allylic oxidation sites excluding steroid dienone is 1. The van der Waals surface area contributed by atoms with Gasteiger partial charge in [-0.1, -0.05) is 29.4 Å². The molecule has 150 valence electrons. The van der Waals surface area contributed by atoms with Crippen molar-refractivity contribution in [2.24, 2.45) is 5.16 Å². The van der Waals surface area contributed by atoms with Crippen LogP contribution in [0.25, 0.3) is 0 Å². The van der Waals surface area contributed by atoms with E-state index in [1.165, 1.54) is 7.11 Å². The fourth-order valence-electron chi connectivity index (χ4n) is 2.70. The van der Waals surface area contributed by atoms with Crippen LogP contribution in [0.3, 0.4) is 0 Å². The molecule has 2 aromatic carbocycles. The van der Waals surface area contributed by atoms with Crippen molar-refractivity contribution in [1.82, 2.24) is 0 Å². The van der Waals surface area contributed by atoms with Gasteiger partial charge in [0, 0.05) is 12.6 Å². The lowest BCUT2D eigenvalue weighted by molar-refractivity contribution is 0.214. The molecule has 5 heteroatoms. The highest BCUT2D eigenvalue weighted by molar-refractivity contribution is 5.60. The van der Waals surface area contributed by atoms with Crippen molar-refractivity contribution in [2.75, 3.05) is 26.9 Å². The molecule has 0 atom stereocenters. The number of nitrogens with zero attached hydrogens (tertiary/aromatic N) is 1. The summed E-state index contributed by atoms with van der Waals surface area (Å²) < 4.78 is 17.4. The van der Waals surface area contributed by atoms with Crippen LogP contribution >= 0.6 is 0 Å². The van der Waals surface area contributed by atoms with E-state index < -0.39 is 0 Å². The predicted molar refractivity (Wildman–Crippen MR) is 113 cm³/mol. The maximum absolute atomic E-state index is 5.93. The quantitative estimate of drug-likeness (QED) is 0.240. The minimum atomic E-state index is 0.475. The van der Waals surface area contributed by atoms with Crippen molar-refractivity contribution in [1.29, 1.82) is 0 Å². The van der Waals surface area contributed by atoms with Gasteiger partial charge < -0.3 is 19.0 Å². The minimum absolute atomic E-state index is 0.475. The zero-order valence-electron chi connectivity index (χ0n) is 17.1. The molecule has 28 heavy (non-hydrogen) atoms. The van der Waals surface area contributed by atoms with Crippen LogP contribution in [0, 0.1) is 13.8 Å². The molecule has 2 rings (SSSR count). The summed E-state index contributed by atoms with van der Waals surface area (Å²) in [5.41, 5.74) is 3.25. The number of oxime groups is 1. The van der Waals surface area contributed by atoms with Gasteiger partial charge in [-0.15, -0.1) is 0 Å². The van der Waals surface area contributed by atoms with Gasteiger partial charge in [0.2, 0.25) is 0 Å². The van der Waals surface area contributed by atoms with Crippen LogP contribution < -0.4 is 14.2 Å². The zero-order chi connectivity index (χ0) is 20.2. The lowest BCUT2D eigenvalue weighted by Gasteiger charge is -2.15. The maximum Gasteiger partial charge on any atom is 0.125 e. The van der Waals surface area contributed by atoms with E-state index in [2.05, 4.69) is 9.99 Å². The molecule has 0 aromatic heterocycles. The molecule has 5 nitrogen and oxygen atoms in total. The summed E-state index contributed by atoms with van der Waals surface area (Å²) in [5, 5.41) is 3.73. The first kappa shape index (κ1) is 21.4. The smallest absolute Gasteiger partial charge is 0.125 e. The molecular formula is C23H29NO4. The highest BCUT2D eigenvalue weighted by Gasteiger charge is 2.07. The second kappa shape index (κ2) is 11.7. The number of ether oxygens (including phenoxy) is 3. The third-order valence-corrected chi connectivity index (χ3v) is 4.04. The molecule has 2 aromatic rings. The summed E-state index contributed by atoms with van der Waals surface area (Å²) in [4.78, 5) is 4.66. The van der Waals surface area contributed by atoms with Crippen LogP contribution in [0.5, 0.6) is 17.2 Å². The van der Waals surface area contributed by atoms with E-state index in [9.17, 15) is 0 Å². The van der Waals surface area contributed by atoms with Crippen LogP contribution in [0.15, 0.2) is 53.7 Å². The average molecular weight is 383 g/mol. The highest BCUT2D eigenvalue weighted by atomic mass is 16.6. The van der Waals surface area contributed by atoms with E-state index >= 15 is 0 Å². The maximum atomic E-state index is 5.93. The number of benzene rings is 2. The number of rotatable bonds is 11. The molecule has 0 aliphatic heterocycles. The van der Waals surface area contributed by atoms with Gasteiger partial charge in [0.1, 0.15) is 44.2 Å². The highest BCUT2D eigenvalue weighted by Crippen LogP contribution is 2.28. The van der Waals surface area contributed by atoms with Crippen LogP contribution in [0.2, 0.25) is 0 Å². The van der Waals surface area contributed by atoms with Crippen molar-refractivity contribution in [2.45, 2.75) is 27.2 Å². The molecule has 0 spiro atoms. The molecule has 0 fully saturated rings. The first-order valence-electron chi connectivity index (χ1n) is 9.38. The molecule has 0 aliphatic rings. The summed E-state index contributed by atoms with van der Waals surface area (Å²) in [6.07, 6.45) is 6.40. The van der Waals surface area contributed by atoms with Crippen LogP contribution in [-0.4, -0.2) is 33.1 Å². The molecule has 0 N–H and O–H groups in total. The second-order valence-electron chi connectivity index (χ2n) is 6.28. The zero-order valence-corrected chi connectivity index (χ0v) is 17.1. The Labute approximate surface area is 167 Å². The van der Waals surface area contributed by atoms with Crippen molar-refractivity contribution >= 4 is 6.21 Å². The van der Waals surface area contributed by atoms with Gasteiger partial charge in [0.15, 0.2) is 0 Å². The normalized spacial score (nSPS) is 11.1. The molecule has 0 aliphatic carbocycles. The second-order valence-corrected chi connectivity index (χ2v) is 6.28. The van der Waals surface area contributed by atoms with E-state index in [0.717, 1.165) is 40.4 Å². The van der Waals surface area contributed by atoms with Gasteiger partial charge in [-0.2, -0.15) is 0 Å². The summed E-state index contributed by atoms with van der Waals surface area (Å²) in [6, 6.07) is 11.9. The fourth-order valence-corrected chi connectivity index (χ4v) is 2.70. The van der Waals surface area contributed by atoms with E-state index in [4.69, 9.17) is 14.2 Å². The molecule has 0 saturated heterocycles. The third-order valence-electron chi connectivity index (χ3n) is 4.04. The molecule has 0 saturated carbocycles. The van der Waals surface area contributed by atoms with Crippen molar-refractivity contribution in [3.8, 4) is 17.2 Å². The third kappa shape index (κ3) is 6.99. The Kier molecular flexibility index (Phi) is 8.92. The Balaban J connectivity index is 1.80. The van der Waals surface area contributed by atoms with Gasteiger partial charge in [-0.3, -0.25) is 0 Å². The molecule has 0 bridgehead atoms. The average Bonchev–Trinajstić information content (AvgIpc) is 2.68.